The van der Waals surface area contributed by atoms with Crippen LogP contribution in [0.5, 0.6) is 0 Å². The van der Waals surface area contributed by atoms with Gasteiger partial charge < -0.3 is 11.1 Å². The fourth-order valence-corrected chi connectivity index (χ4v) is 2.64. The molecule has 1 heterocycles. The normalized spacial score (nSPS) is 17.7. The smallest absolute Gasteiger partial charge is 0.227 e. The number of hydrogen-bond donors (Lipinski definition) is 2. The molecule has 0 unspecified atom stereocenters. The Bertz CT molecular complexity index is 425. The molecular formula is C14H21N3O. The minimum atomic E-state index is -0.319. The van der Waals surface area contributed by atoms with E-state index in [2.05, 4.69) is 10.3 Å². The van der Waals surface area contributed by atoms with Gasteiger partial charge in [0.05, 0.1) is 5.41 Å². The zero-order valence-electron chi connectivity index (χ0n) is 10.9. The highest BCUT2D eigenvalue weighted by molar-refractivity contribution is 5.83. The van der Waals surface area contributed by atoms with E-state index in [4.69, 9.17) is 5.73 Å². The number of rotatable bonds is 4. The van der Waals surface area contributed by atoms with Crippen molar-refractivity contribution >= 4 is 5.91 Å². The Morgan fingerprint density at radius 3 is 2.83 bits per heavy atom. The van der Waals surface area contributed by atoms with Gasteiger partial charge in [0.2, 0.25) is 5.91 Å². The van der Waals surface area contributed by atoms with E-state index in [1.54, 1.807) is 6.20 Å². The monoisotopic (exact) mass is 247 g/mol. The molecule has 1 fully saturated rings. The van der Waals surface area contributed by atoms with Crippen molar-refractivity contribution in [2.75, 3.05) is 6.54 Å². The Kier molecular flexibility index (Phi) is 3.97. The number of nitrogens with two attached hydrogens (primary N) is 1. The molecule has 98 valence electrons. The summed E-state index contributed by atoms with van der Waals surface area (Å²) in [6.45, 7) is 3.02. The highest BCUT2D eigenvalue weighted by Gasteiger charge is 2.39. The zero-order valence-corrected chi connectivity index (χ0v) is 10.9. The number of hydrogen-bond acceptors (Lipinski definition) is 3. The Hall–Kier alpha value is -1.42. The first kappa shape index (κ1) is 13.0. The highest BCUT2D eigenvalue weighted by Crippen LogP contribution is 2.37. The molecule has 0 spiro atoms. The van der Waals surface area contributed by atoms with Crippen LogP contribution in [0.2, 0.25) is 0 Å². The van der Waals surface area contributed by atoms with Crippen LogP contribution in [0.1, 0.15) is 36.8 Å². The van der Waals surface area contributed by atoms with E-state index in [1.165, 1.54) is 0 Å². The van der Waals surface area contributed by atoms with E-state index >= 15 is 0 Å². The van der Waals surface area contributed by atoms with Crippen molar-refractivity contribution in [1.82, 2.24) is 10.3 Å². The lowest BCUT2D eigenvalue weighted by Crippen LogP contribution is -2.43. The first-order chi connectivity index (χ1) is 8.68. The summed E-state index contributed by atoms with van der Waals surface area (Å²) < 4.78 is 0. The Morgan fingerprint density at radius 1 is 1.50 bits per heavy atom. The summed E-state index contributed by atoms with van der Waals surface area (Å²) in [5.41, 5.74) is 7.70. The summed E-state index contributed by atoms with van der Waals surface area (Å²) in [5.74, 6) is 0.110. The van der Waals surface area contributed by atoms with Gasteiger partial charge in [-0.25, -0.2) is 0 Å². The van der Waals surface area contributed by atoms with Gasteiger partial charge in [0, 0.05) is 25.5 Å². The number of carbonyl (C=O) groups is 1. The third-order valence-electron chi connectivity index (χ3n) is 4.01. The second kappa shape index (κ2) is 5.48. The van der Waals surface area contributed by atoms with Gasteiger partial charge in [0.15, 0.2) is 0 Å². The van der Waals surface area contributed by atoms with E-state index in [1.807, 2.05) is 19.2 Å². The summed E-state index contributed by atoms with van der Waals surface area (Å²) >= 11 is 0. The number of aryl methyl sites for hydroxylation is 1. The molecular weight excluding hydrogens is 226 g/mol. The van der Waals surface area contributed by atoms with E-state index in [0.29, 0.717) is 13.1 Å². The SMILES string of the molecule is Cc1cnccc1CNC(=O)C1(CN)CCCC1. The van der Waals surface area contributed by atoms with Crippen molar-refractivity contribution in [1.29, 1.82) is 0 Å². The summed E-state index contributed by atoms with van der Waals surface area (Å²) in [4.78, 5) is 16.3. The third-order valence-corrected chi connectivity index (χ3v) is 4.01. The van der Waals surface area contributed by atoms with Gasteiger partial charge in [-0.05, 0) is 37.0 Å². The topological polar surface area (TPSA) is 68.0 Å². The second-order valence-electron chi connectivity index (χ2n) is 5.18. The van der Waals surface area contributed by atoms with Crippen LogP contribution in [0, 0.1) is 12.3 Å². The van der Waals surface area contributed by atoms with E-state index in [-0.39, 0.29) is 11.3 Å². The molecule has 0 aliphatic heterocycles. The van der Waals surface area contributed by atoms with Gasteiger partial charge in [-0.2, -0.15) is 0 Å². The van der Waals surface area contributed by atoms with Crippen molar-refractivity contribution in [2.45, 2.75) is 39.2 Å². The predicted octanol–water partition coefficient (Wildman–Crippen LogP) is 1.53. The second-order valence-corrected chi connectivity index (χ2v) is 5.18. The highest BCUT2D eigenvalue weighted by atomic mass is 16.2. The lowest BCUT2D eigenvalue weighted by atomic mass is 9.85. The maximum Gasteiger partial charge on any atom is 0.227 e. The fourth-order valence-electron chi connectivity index (χ4n) is 2.64. The Morgan fingerprint density at radius 2 is 2.22 bits per heavy atom. The minimum absolute atomic E-state index is 0.110. The number of nitrogens with zero attached hydrogens (tertiary/aromatic N) is 1. The molecule has 1 amide bonds. The molecule has 0 aromatic carbocycles. The molecule has 1 aliphatic carbocycles. The average Bonchev–Trinajstić information content (AvgIpc) is 2.87. The zero-order chi connectivity index (χ0) is 13.0. The number of amides is 1. The van der Waals surface area contributed by atoms with Crippen LogP contribution in [0.4, 0.5) is 0 Å². The van der Waals surface area contributed by atoms with Crippen LogP contribution < -0.4 is 11.1 Å². The van der Waals surface area contributed by atoms with Crippen LogP contribution in [-0.4, -0.2) is 17.4 Å². The number of nitrogens with one attached hydrogen (secondary N) is 1. The molecule has 4 heteroatoms. The molecule has 3 N–H and O–H groups in total. The molecule has 2 rings (SSSR count). The quantitative estimate of drug-likeness (QED) is 0.847. The summed E-state index contributed by atoms with van der Waals surface area (Å²) in [6.07, 6.45) is 7.63. The summed E-state index contributed by atoms with van der Waals surface area (Å²) in [6, 6.07) is 1.94. The van der Waals surface area contributed by atoms with Crippen molar-refractivity contribution in [3.8, 4) is 0 Å². The van der Waals surface area contributed by atoms with E-state index < -0.39 is 0 Å². The van der Waals surface area contributed by atoms with Gasteiger partial charge in [-0.3, -0.25) is 9.78 Å². The number of pyridine rings is 1. The Labute approximate surface area is 108 Å². The molecule has 1 saturated carbocycles. The maximum atomic E-state index is 12.3. The van der Waals surface area contributed by atoms with Crippen LogP contribution >= 0.6 is 0 Å². The first-order valence-corrected chi connectivity index (χ1v) is 6.56. The number of aromatic nitrogens is 1. The minimum Gasteiger partial charge on any atom is -0.351 e. The molecule has 18 heavy (non-hydrogen) atoms. The molecule has 1 aromatic rings. The number of carbonyl (C=O) groups excluding carboxylic acids is 1. The maximum absolute atomic E-state index is 12.3. The standard InChI is InChI=1S/C14H21N3O/c1-11-8-16-7-4-12(11)9-17-13(18)14(10-15)5-2-3-6-14/h4,7-8H,2-3,5-6,9-10,15H2,1H3,(H,17,18). The van der Waals surface area contributed by atoms with Gasteiger partial charge in [0.1, 0.15) is 0 Å². The van der Waals surface area contributed by atoms with Crippen LogP contribution in [0.15, 0.2) is 18.5 Å². The van der Waals surface area contributed by atoms with E-state index in [9.17, 15) is 4.79 Å². The van der Waals surface area contributed by atoms with Crippen LogP contribution in [0.3, 0.4) is 0 Å². The molecule has 1 aliphatic rings. The molecule has 4 nitrogen and oxygen atoms in total. The average molecular weight is 247 g/mol. The fraction of sp³-hybridized carbons (Fsp3) is 0.571. The molecule has 0 saturated heterocycles. The van der Waals surface area contributed by atoms with E-state index in [0.717, 1.165) is 36.8 Å². The lowest BCUT2D eigenvalue weighted by molar-refractivity contribution is -0.130. The molecule has 1 aromatic heterocycles. The lowest BCUT2D eigenvalue weighted by Gasteiger charge is -2.25. The van der Waals surface area contributed by atoms with Gasteiger partial charge in [0.25, 0.3) is 0 Å². The van der Waals surface area contributed by atoms with Gasteiger partial charge in [-0.15, -0.1) is 0 Å². The first-order valence-electron chi connectivity index (χ1n) is 6.56. The van der Waals surface area contributed by atoms with Crippen LogP contribution in [-0.2, 0) is 11.3 Å². The molecule has 0 radical (unpaired) electrons. The Balaban J connectivity index is 1.98. The third kappa shape index (κ3) is 2.53. The van der Waals surface area contributed by atoms with Gasteiger partial charge >= 0.3 is 0 Å². The molecule has 0 bridgehead atoms. The van der Waals surface area contributed by atoms with Crippen molar-refractivity contribution in [2.24, 2.45) is 11.1 Å². The van der Waals surface area contributed by atoms with Crippen LogP contribution in [0.25, 0.3) is 0 Å². The summed E-state index contributed by atoms with van der Waals surface area (Å²) in [7, 11) is 0. The predicted molar refractivity (Wildman–Crippen MR) is 70.8 cm³/mol. The van der Waals surface area contributed by atoms with Crippen molar-refractivity contribution < 1.29 is 4.79 Å². The van der Waals surface area contributed by atoms with Gasteiger partial charge in [-0.1, -0.05) is 12.8 Å². The molecule has 0 atom stereocenters. The summed E-state index contributed by atoms with van der Waals surface area (Å²) in [5, 5.41) is 3.03. The van der Waals surface area contributed by atoms with Crippen molar-refractivity contribution in [3.63, 3.8) is 0 Å². The largest absolute Gasteiger partial charge is 0.351 e. The van der Waals surface area contributed by atoms with Crippen molar-refractivity contribution in [3.05, 3.63) is 29.6 Å².